The molecule has 2 aliphatic heterocycles. The summed E-state index contributed by atoms with van der Waals surface area (Å²) in [6.07, 6.45) is 0. The fourth-order valence-corrected chi connectivity index (χ4v) is 3.38. The third kappa shape index (κ3) is 3.81. The van der Waals surface area contributed by atoms with Gasteiger partial charge in [-0.1, -0.05) is 5.22 Å². The summed E-state index contributed by atoms with van der Waals surface area (Å²) in [6.45, 7) is 2.04. The zero-order valence-corrected chi connectivity index (χ0v) is 16.3. The van der Waals surface area contributed by atoms with E-state index < -0.39 is 41.4 Å². The Morgan fingerprint density at radius 1 is 1.10 bits per heavy atom. The number of amides is 3. The van der Waals surface area contributed by atoms with Gasteiger partial charge in [-0.15, -0.1) is 0 Å². The van der Waals surface area contributed by atoms with Gasteiger partial charge in [0.15, 0.2) is 23.7 Å². The highest BCUT2D eigenvalue weighted by molar-refractivity contribution is 6.25. The number of nitrogens with one attached hydrogen (secondary N) is 1. The van der Waals surface area contributed by atoms with Gasteiger partial charge >= 0.3 is 0 Å². The summed E-state index contributed by atoms with van der Waals surface area (Å²) in [5.74, 6) is -3.56. The molecule has 0 aliphatic carbocycles. The molecular weight excluding hydrogens is 412 g/mol. The van der Waals surface area contributed by atoms with E-state index in [-0.39, 0.29) is 12.2 Å². The highest BCUT2D eigenvalue weighted by Gasteiger charge is 2.55. The number of hydrogen-bond acceptors (Lipinski definition) is 7. The molecule has 0 bridgehead atoms. The SMILES string of the molecule is CCOc1ccc(NC(=O)CN2N=N[C@@H]3C(=O)N(c4ccc(F)c(F)c4)C(=O)[C@@H]32)cc1. The monoisotopic (exact) mass is 429 g/mol. The van der Waals surface area contributed by atoms with Crippen molar-refractivity contribution in [1.82, 2.24) is 5.01 Å². The zero-order valence-electron chi connectivity index (χ0n) is 16.3. The molecule has 9 nitrogen and oxygen atoms in total. The lowest BCUT2D eigenvalue weighted by Crippen LogP contribution is -2.43. The highest BCUT2D eigenvalue weighted by atomic mass is 19.2. The summed E-state index contributed by atoms with van der Waals surface area (Å²) in [6, 6.07) is 7.13. The second kappa shape index (κ2) is 8.09. The van der Waals surface area contributed by atoms with Crippen molar-refractivity contribution < 1.29 is 27.9 Å². The van der Waals surface area contributed by atoms with E-state index in [2.05, 4.69) is 15.7 Å². The van der Waals surface area contributed by atoms with Crippen molar-refractivity contribution >= 4 is 29.1 Å². The molecule has 4 rings (SSSR count). The number of ether oxygens (including phenoxy) is 1. The Labute approximate surface area is 175 Å². The topological polar surface area (TPSA) is 104 Å². The van der Waals surface area contributed by atoms with E-state index >= 15 is 0 Å². The van der Waals surface area contributed by atoms with Gasteiger partial charge in [0.2, 0.25) is 5.91 Å². The molecule has 3 amide bonds. The normalized spacial score (nSPS) is 19.7. The Morgan fingerprint density at radius 3 is 2.52 bits per heavy atom. The number of rotatable bonds is 6. The summed E-state index contributed by atoms with van der Waals surface area (Å²) in [5.41, 5.74) is 0.399. The predicted molar refractivity (Wildman–Crippen MR) is 104 cm³/mol. The molecule has 11 heteroatoms. The Hall–Kier alpha value is -3.89. The van der Waals surface area contributed by atoms with Crippen LogP contribution in [0.4, 0.5) is 20.2 Å². The van der Waals surface area contributed by atoms with E-state index in [0.717, 1.165) is 28.1 Å². The van der Waals surface area contributed by atoms with Crippen molar-refractivity contribution in [3.8, 4) is 5.75 Å². The maximum Gasteiger partial charge on any atom is 0.263 e. The van der Waals surface area contributed by atoms with Gasteiger partial charge in [-0.25, -0.2) is 13.7 Å². The number of benzene rings is 2. The largest absolute Gasteiger partial charge is 0.494 e. The number of halogens is 2. The lowest BCUT2D eigenvalue weighted by atomic mass is 10.1. The van der Waals surface area contributed by atoms with Gasteiger partial charge in [0.25, 0.3) is 11.8 Å². The van der Waals surface area contributed by atoms with Crippen molar-refractivity contribution in [2.45, 2.75) is 19.0 Å². The summed E-state index contributed by atoms with van der Waals surface area (Å²) >= 11 is 0. The van der Waals surface area contributed by atoms with E-state index in [1.165, 1.54) is 0 Å². The highest BCUT2D eigenvalue weighted by Crippen LogP contribution is 2.32. The Balaban J connectivity index is 1.45. The van der Waals surface area contributed by atoms with Crippen molar-refractivity contribution in [2.24, 2.45) is 10.3 Å². The average Bonchev–Trinajstić information content (AvgIpc) is 3.25. The number of fused-ring (bicyclic) bond motifs is 1. The first-order valence-electron chi connectivity index (χ1n) is 9.42. The van der Waals surface area contributed by atoms with Gasteiger partial charge in [-0.3, -0.25) is 19.4 Å². The van der Waals surface area contributed by atoms with E-state index in [1.807, 2.05) is 6.92 Å². The third-order valence-electron chi connectivity index (χ3n) is 4.77. The van der Waals surface area contributed by atoms with Crippen LogP contribution in [-0.2, 0) is 14.4 Å². The molecule has 0 radical (unpaired) electrons. The van der Waals surface area contributed by atoms with Crippen molar-refractivity contribution in [2.75, 3.05) is 23.4 Å². The van der Waals surface area contributed by atoms with Crippen molar-refractivity contribution in [1.29, 1.82) is 0 Å². The molecule has 0 aromatic heterocycles. The molecule has 0 saturated carbocycles. The molecular formula is C20H17F2N5O4. The molecule has 2 aromatic carbocycles. The molecule has 1 N–H and O–H groups in total. The van der Waals surface area contributed by atoms with Crippen LogP contribution < -0.4 is 15.0 Å². The van der Waals surface area contributed by atoms with E-state index in [0.29, 0.717) is 18.0 Å². The lowest BCUT2D eigenvalue weighted by Gasteiger charge is -2.20. The summed E-state index contributed by atoms with van der Waals surface area (Å²) in [5, 5.41) is 11.3. The maximum absolute atomic E-state index is 13.6. The van der Waals surface area contributed by atoms with Crippen molar-refractivity contribution in [3.63, 3.8) is 0 Å². The number of nitrogens with zero attached hydrogens (tertiary/aromatic N) is 4. The van der Waals surface area contributed by atoms with Crippen LogP contribution in [0.2, 0.25) is 0 Å². The van der Waals surface area contributed by atoms with Gasteiger partial charge in [0.1, 0.15) is 12.3 Å². The first-order valence-corrected chi connectivity index (χ1v) is 9.42. The standard InChI is InChI=1S/C20H17F2N5O4/c1-2-31-13-6-3-11(4-7-13)23-16(28)10-26-18-17(24-25-26)19(29)27(20(18)30)12-5-8-14(21)15(22)9-12/h3-9,17-18H,2,10H2,1H3,(H,23,28)/t17-,18+/m0/s1. The first-order chi connectivity index (χ1) is 14.9. The smallest absolute Gasteiger partial charge is 0.263 e. The lowest BCUT2D eigenvalue weighted by molar-refractivity contribution is -0.123. The van der Waals surface area contributed by atoms with Crippen molar-refractivity contribution in [3.05, 3.63) is 54.1 Å². The van der Waals surface area contributed by atoms with E-state index in [4.69, 9.17) is 4.74 Å². The Kier molecular flexibility index (Phi) is 5.32. The van der Waals surface area contributed by atoms with Gasteiger partial charge in [0.05, 0.1) is 12.3 Å². The molecule has 0 unspecified atom stereocenters. The van der Waals surface area contributed by atoms with Crippen LogP contribution in [0.3, 0.4) is 0 Å². The Bertz CT molecular complexity index is 1080. The fourth-order valence-electron chi connectivity index (χ4n) is 3.38. The molecule has 1 fully saturated rings. The summed E-state index contributed by atoms with van der Waals surface area (Å²) in [7, 11) is 0. The van der Waals surface area contributed by atoms with E-state index in [9.17, 15) is 23.2 Å². The first kappa shape index (κ1) is 20.4. The minimum atomic E-state index is -1.19. The second-order valence-corrected chi connectivity index (χ2v) is 6.81. The molecule has 2 heterocycles. The van der Waals surface area contributed by atoms with Crippen LogP contribution >= 0.6 is 0 Å². The minimum absolute atomic E-state index is 0.114. The predicted octanol–water partition coefficient (Wildman–Crippen LogP) is 2.30. The summed E-state index contributed by atoms with van der Waals surface area (Å²) < 4.78 is 32.1. The molecule has 2 aromatic rings. The third-order valence-corrected chi connectivity index (χ3v) is 4.77. The quantitative estimate of drug-likeness (QED) is 0.710. The Morgan fingerprint density at radius 2 is 1.84 bits per heavy atom. The van der Waals surface area contributed by atoms with Crippen LogP contribution in [-0.4, -0.2) is 48.0 Å². The second-order valence-electron chi connectivity index (χ2n) is 6.81. The number of anilines is 2. The molecule has 2 atom stereocenters. The summed E-state index contributed by atoms with van der Waals surface area (Å²) in [4.78, 5) is 38.6. The molecule has 2 aliphatic rings. The molecule has 160 valence electrons. The van der Waals surface area contributed by atoms with Crippen LogP contribution in [0.15, 0.2) is 52.8 Å². The number of imide groups is 1. The van der Waals surface area contributed by atoms with Crippen LogP contribution in [0.25, 0.3) is 0 Å². The van der Waals surface area contributed by atoms with Crippen LogP contribution in [0.1, 0.15) is 6.92 Å². The van der Waals surface area contributed by atoms with Gasteiger partial charge in [-0.2, -0.15) is 5.11 Å². The van der Waals surface area contributed by atoms with Crippen LogP contribution in [0.5, 0.6) is 5.75 Å². The molecule has 0 spiro atoms. The number of hydrogen-bond donors (Lipinski definition) is 1. The minimum Gasteiger partial charge on any atom is -0.494 e. The number of carbonyl (C=O) groups excluding carboxylic acids is 3. The van der Waals surface area contributed by atoms with E-state index in [1.54, 1.807) is 24.3 Å². The average molecular weight is 429 g/mol. The van der Waals surface area contributed by atoms with Crippen LogP contribution in [0, 0.1) is 11.6 Å². The number of carbonyl (C=O) groups is 3. The molecule has 1 saturated heterocycles. The fraction of sp³-hybridized carbons (Fsp3) is 0.250. The van der Waals surface area contributed by atoms with Gasteiger partial charge < -0.3 is 10.1 Å². The van der Waals surface area contributed by atoms with Gasteiger partial charge in [0, 0.05) is 11.8 Å². The maximum atomic E-state index is 13.6. The molecule has 31 heavy (non-hydrogen) atoms. The van der Waals surface area contributed by atoms with Gasteiger partial charge in [-0.05, 0) is 43.3 Å². The zero-order chi connectivity index (χ0) is 22.1.